The molecule has 0 aliphatic heterocycles. The van der Waals surface area contributed by atoms with Crippen molar-refractivity contribution in [3.05, 3.63) is 29.3 Å². The second-order valence-electron chi connectivity index (χ2n) is 4.99. The van der Waals surface area contributed by atoms with Crippen LogP contribution in [0, 0.1) is 13.8 Å². The Labute approximate surface area is 123 Å². The average Bonchev–Trinajstić information content (AvgIpc) is 2.39. The first-order valence-corrected chi connectivity index (χ1v) is 6.69. The highest BCUT2D eigenvalue weighted by Gasteiger charge is 2.15. The van der Waals surface area contributed by atoms with Crippen LogP contribution in [0.5, 0.6) is 0 Å². The van der Waals surface area contributed by atoms with Gasteiger partial charge in [0.1, 0.15) is 6.04 Å². The van der Waals surface area contributed by atoms with Gasteiger partial charge in [-0.1, -0.05) is 17.7 Å². The van der Waals surface area contributed by atoms with E-state index in [9.17, 15) is 14.4 Å². The smallest absolute Gasteiger partial charge is 0.325 e. The Bertz CT molecular complexity index is 555. The molecule has 0 saturated carbocycles. The van der Waals surface area contributed by atoms with E-state index in [0.717, 1.165) is 11.1 Å². The van der Waals surface area contributed by atoms with Crippen molar-refractivity contribution in [3.63, 3.8) is 0 Å². The van der Waals surface area contributed by atoms with Gasteiger partial charge in [-0.05, 0) is 32.4 Å². The summed E-state index contributed by atoms with van der Waals surface area (Å²) < 4.78 is 0. The molecule has 1 aromatic rings. The number of benzene rings is 1. The fourth-order valence-corrected chi connectivity index (χ4v) is 1.77. The average molecular weight is 292 g/mol. The van der Waals surface area contributed by atoms with Crippen LogP contribution >= 0.6 is 0 Å². The lowest BCUT2D eigenvalue weighted by molar-refractivity contribution is -0.141. The predicted molar refractivity (Wildman–Crippen MR) is 79.0 cm³/mol. The zero-order valence-corrected chi connectivity index (χ0v) is 12.4. The molecule has 1 atom stereocenters. The second-order valence-corrected chi connectivity index (χ2v) is 4.99. The SMILES string of the molecule is Cc1ccc(NC(=O)CCC(=O)NC(C)C(=O)O)c(C)c1. The molecule has 1 aromatic carbocycles. The Balaban J connectivity index is 2.44. The predicted octanol–water partition coefficient (Wildman–Crippen LogP) is 1.61. The fraction of sp³-hybridized carbons (Fsp3) is 0.400. The number of carbonyl (C=O) groups excluding carboxylic acids is 2. The minimum atomic E-state index is -1.11. The normalized spacial score (nSPS) is 11.6. The van der Waals surface area contributed by atoms with Gasteiger partial charge in [-0.25, -0.2) is 0 Å². The van der Waals surface area contributed by atoms with Crippen LogP contribution in [0.1, 0.15) is 30.9 Å². The number of carbonyl (C=O) groups is 3. The van der Waals surface area contributed by atoms with Crippen molar-refractivity contribution in [2.24, 2.45) is 0 Å². The molecule has 1 rings (SSSR count). The lowest BCUT2D eigenvalue weighted by atomic mass is 10.1. The Morgan fingerprint density at radius 1 is 1.14 bits per heavy atom. The molecule has 2 amide bonds. The quantitative estimate of drug-likeness (QED) is 0.742. The molecule has 0 fully saturated rings. The van der Waals surface area contributed by atoms with Gasteiger partial charge in [0.2, 0.25) is 11.8 Å². The van der Waals surface area contributed by atoms with Crippen LogP contribution in [0.4, 0.5) is 5.69 Å². The highest BCUT2D eigenvalue weighted by molar-refractivity contribution is 5.94. The molecule has 0 radical (unpaired) electrons. The van der Waals surface area contributed by atoms with Crippen molar-refractivity contribution in [2.45, 2.75) is 39.7 Å². The van der Waals surface area contributed by atoms with Gasteiger partial charge in [-0.15, -0.1) is 0 Å². The van der Waals surface area contributed by atoms with Crippen molar-refractivity contribution >= 4 is 23.5 Å². The summed E-state index contributed by atoms with van der Waals surface area (Å²) >= 11 is 0. The van der Waals surface area contributed by atoms with Crippen LogP contribution < -0.4 is 10.6 Å². The summed E-state index contributed by atoms with van der Waals surface area (Å²) in [7, 11) is 0. The molecule has 3 N–H and O–H groups in total. The standard InChI is InChI=1S/C15H20N2O4/c1-9-4-5-12(10(2)8-9)17-14(19)7-6-13(18)16-11(3)15(20)21/h4-5,8,11H,6-7H2,1-3H3,(H,16,18)(H,17,19)(H,20,21). The van der Waals surface area contributed by atoms with Crippen LogP contribution in [0.25, 0.3) is 0 Å². The van der Waals surface area contributed by atoms with Crippen molar-refractivity contribution in [1.82, 2.24) is 5.32 Å². The number of carboxylic acid groups (broad SMARTS) is 1. The number of amides is 2. The highest BCUT2D eigenvalue weighted by atomic mass is 16.4. The van der Waals surface area contributed by atoms with Gasteiger partial charge in [-0.3, -0.25) is 14.4 Å². The van der Waals surface area contributed by atoms with Crippen LogP contribution in [0.2, 0.25) is 0 Å². The Morgan fingerprint density at radius 2 is 1.76 bits per heavy atom. The zero-order valence-electron chi connectivity index (χ0n) is 12.4. The number of hydrogen-bond acceptors (Lipinski definition) is 3. The molecule has 0 spiro atoms. The molecule has 0 aliphatic rings. The molecule has 114 valence electrons. The molecular formula is C15H20N2O4. The van der Waals surface area contributed by atoms with Gasteiger partial charge in [0.15, 0.2) is 0 Å². The summed E-state index contributed by atoms with van der Waals surface area (Å²) in [6, 6.07) is 4.70. The third-order valence-corrected chi connectivity index (χ3v) is 2.98. The second kappa shape index (κ2) is 7.42. The van der Waals surface area contributed by atoms with Crippen molar-refractivity contribution in [3.8, 4) is 0 Å². The van der Waals surface area contributed by atoms with Crippen molar-refractivity contribution in [1.29, 1.82) is 0 Å². The summed E-state index contributed by atoms with van der Waals surface area (Å²) in [5.41, 5.74) is 2.77. The van der Waals surface area contributed by atoms with E-state index in [0.29, 0.717) is 5.69 Å². The number of rotatable bonds is 6. The molecule has 6 heteroatoms. The van der Waals surface area contributed by atoms with Crippen LogP contribution in [-0.2, 0) is 14.4 Å². The summed E-state index contributed by atoms with van der Waals surface area (Å²) in [5, 5.41) is 13.7. The molecule has 0 aliphatic carbocycles. The Morgan fingerprint density at radius 3 is 2.33 bits per heavy atom. The lowest BCUT2D eigenvalue weighted by Crippen LogP contribution is -2.38. The molecule has 21 heavy (non-hydrogen) atoms. The molecule has 0 heterocycles. The van der Waals surface area contributed by atoms with E-state index >= 15 is 0 Å². The fourth-order valence-electron chi connectivity index (χ4n) is 1.77. The maximum Gasteiger partial charge on any atom is 0.325 e. The molecular weight excluding hydrogens is 272 g/mol. The molecule has 0 aromatic heterocycles. The molecule has 6 nitrogen and oxygen atoms in total. The number of aryl methyl sites for hydroxylation is 2. The number of hydrogen-bond donors (Lipinski definition) is 3. The van der Waals surface area contributed by atoms with Gasteiger partial charge < -0.3 is 15.7 Å². The van der Waals surface area contributed by atoms with E-state index in [1.807, 2.05) is 32.0 Å². The first-order valence-electron chi connectivity index (χ1n) is 6.69. The first-order chi connectivity index (χ1) is 9.79. The maximum absolute atomic E-state index is 11.8. The van der Waals surface area contributed by atoms with Gasteiger partial charge in [0.25, 0.3) is 0 Å². The number of nitrogens with one attached hydrogen (secondary N) is 2. The molecule has 0 bridgehead atoms. The van der Waals surface area contributed by atoms with Gasteiger partial charge >= 0.3 is 5.97 Å². The zero-order chi connectivity index (χ0) is 16.0. The van der Waals surface area contributed by atoms with Gasteiger partial charge in [0, 0.05) is 18.5 Å². The third kappa shape index (κ3) is 5.64. The largest absolute Gasteiger partial charge is 0.480 e. The van der Waals surface area contributed by atoms with Crippen LogP contribution in [-0.4, -0.2) is 28.9 Å². The van der Waals surface area contributed by atoms with E-state index in [2.05, 4.69) is 10.6 Å². The minimum Gasteiger partial charge on any atom is -0.480 e. The first kappa shape index (κ1) is 16.7. The Hall–Kier alpha value is -2.37. The monoisotopic (exact) mass is 292 g/mol. The molecule has 1 unspecified atom stereocenters. The van der Waals surface area contributed by atoms with E-state index in [1.165, 1.54) is 6.92 Å². The summed E-state index contributed by atoms with van der Waals surface area (Å²) in [6.07, 6.45) is -0.0418. The van der Waals surface area contributed by atoms with Crippen molar-refractivity contribution < 1.29 is 19.5 Å². The van der Waals surface area contributed by atoms with Gasteiger partial charge in [0.05, 0.1) is 0 Å². The maximum atomic E-state index is 11.8. The van der Waals surface area contributed by atoms with Crippen LogP contribution in [0.15, 0.2) is 18.2 Å². The molecule has 0 saturated heterocycles. The summed E-state index contributed by atoms with van der Waals surface area (Å²) in [4.78, 5) is 33.8. The number of aliphatic carboxylic acids is 1. The minimum absolute atomic E-state index is 0.00545. The summed E-state index contributed by atoms with van der Waals surface area (Å²) in [6.45, 7) is 5.23. The lowest BCUT2D eigenvalue weighted by Gasteiger charge is -2.10. The number of anilines is 1. The van der Waals surface area contributed by atoms with E-state index in [1.54, 1.807) is 0 Å². The third-order valence-electron chi connectivity index (χ3n) is 2.98. The highest BCUT2D eigenvalue weighted by Crippen LogP contribution is 2.16. The van der Waals surface area contributed by atoms with E-state index < -0.39 is 17.9 Å². The topological polar surface area (TPSA) is 95.5 Å². The van der Waals surface area contributed by atoms with Crippen molar-refractivity contribution in [2.75, 3.05) is 5.32 Å². The van der Waals surface area contributed by atoms with E-state index in [-0.39, 0.29) is 18.7 Å². The van der Waals surface area contributed by atoms with Crippen LogP contribution in [0.3, 0.4) is 0 Å². The van der Waals surface area contributed by atoms with E-state index in [4.69, 9.17) is 5.11 Å². The summed E-state index contributed by atoms with van der Waals surface area (Å²) in [5.74, 6) is -1.84. The Kier molecular flexibility index (Phi) is 5.90. The van der Waals surface area contributed by atoms with Gasteiger partial charge in [-0.2, -0.15) is 0 Å². The number of carboxylic acids is 1.